The van der Waals surface area contributed by atoms with Crippen molar-refractivity contribution in [2.24, 2.45) is 0 Å². The number of esters is 1. The van der Waals surface area contributed by atoms with Gasteiger partial charge in [-0.15, -0.1) is 0 Å². The average Bonchev–Trinajstić information content (AvgIpc) is 2.38. The maximum absolute atomic E-state index is 12.0. The Bertz CT molecular complexity index is 407. The Labute approximate surface area is 115 Å². The molecule has 1 aromatic rings. The number of hydrogen-bond donors (Lipinski definition) is 0. The van der Waals surface area contributed by atoms with E-state index < -0.39 is 0 Å². The molecule has 1 rings (SSSR count). The highest BCUT2D eigenvalue weighted by molar-refractivity contribution is 5.94. The first-order valence-electron chi connectivity index (χ1n) is 6.67. The zero-order valence-corrected chi connectivity index (χ0v) is 11.9. The quantitative estimate of drug-likeness (QED) is 0.429. The molecule has 0 spiro atoms. The lowest BCUT2D eigenvalue weighted by Gasteiger charge is -2.11. The second kappa shape index (κ2) is 8.48. The lowest BCUT2D eigenvalue weighted by molar-refractivity contribution is -0.143. The van der Waals surface area contributed by atoms with Crippen molar-refractivity contribution < 1.29 is 14.3 Å². The van der Waals surface area contributed by atoms with Crippen molar-refractivity contribution in [3.8, 4) is 0 Å². The van der Waals surface area contributed by atoms with Gasteiger partial charge in [-0.1, -0.05) is 37.3 Å². The van der Waals surface area contributed by atoms with Crippen LogP contribution in [0.2, 0.25) is 0 Å². The molecule has 104 valence electrons. The van der Waals surface area contributed by atoms with Gasteiger partial charge < -0.3 is 9.47 Å². The summed E-state index contributed by atoms with van der Waals surface area (Å²) in [6, 6.07) is 9.70. The molecule has 3 heteroatoms. The number of ether oxygens (including phenoxy) is 2. The van der Waals surface area contributed by atoms with Crippen LogP contribution in [0.5, 0.6) is 0 Å². The third-order valence-electron chi connectivity index (χ3n) is 2.35. The van der Waals surface area contributed by atoms with Crippen LogP contribution in [0, 0.1) is 0 Å². The number of carbonyl (C=O) groups excluding carboxylic acids is 1. The van der Waals surface area contributed by atoms with Crippen LogP contribution in [-0.4, -0.2) is 25.3 Å². The first-order valence-corrected chi connectivity index (χ1v) is 6.67. The molecule has 0 unspecified atom stereocenters. The Hall–Kier alpha value is -1.61. The standard InChI is InChI=1S/C16H22O3/c1-4-10-18-12-15(16(17)19-13(2)3)11-14-8-6-5-7-9-14/h5-9,11,13H,4,10,12H2,1-3H3. The number of carbonyl (C=O) groups is 1. The highest BCUT2D eigenvalue weighted by atomic mass is 16.5. The third-order valence-corrected chi connectivity index (χ3v) is 2.35. The van der Waals surface area contributed by atoms with Crippen LogP contribution in [0.1, 0.15) is 32.8 Å². The summed E-state index contributed by atoms with van der Waals surface area (Å²) in [6.07, 6.45) is 2.62. The van der Waals surface area contributed by atoms with E-state index in [-0.39, 0.29) is 18.7 Å². The smallest absolute Gasteiger partial charge is 0.336 e. The lowest BCUT2D eigenvalue weighted by Crippen LogP contribution is -2.17. The van der Waals surface area contributed by atoms with Gasteiger partial charge in [0.05, 0.1) is 18.3 Å². The van der Waals surface area contributed by atoms with Gasteiger partial charge in [0.25, 0.3) is 0 Å². The molecular weight excluding hydrogens is 240 g/mol. The fraction of sp³-hybridized carbons (Fsp3) is 0.438. The molecule has 3 nitrogen and oxygen atoms in total. The number of rotatable bonds is 7. The summed E-state index contributed by atoms with van der Waals surface area (Å²) >= 11 is 0. The largest absolute Gasteiger partial charge is 0.460 e. The van der Waals surface area contributed by atoms with Gasteiger partial charge in [-0.3, -0.25) is 0 Å². The van der Waals surface area contributed by atoms with E-state index in [0.717, 1.165) is 12.0 Å². The Morgan fingerprint density at radius 1 is 1.26 bits per heavy atom. The molecule has 0 radical (unpaired) electrons. The van der Waals surface area contributed by atoms with Crippen LogP contribution < -0.4 is 0 Å². The van der Waals surface area contributed by atoms with Gasteiger partial charge in [0.2, 0.25) is 0 Å². The summed E-state index contributed by atoms with van der Waals surface area (Å²) in [7, 11) is 0. The summed E-state index contributed by atoms with van der Waals surface area (Å²) < 4.78 is 10.7. The molecule has 0 amide bonds. The zero-order chi connectivity index (χ0) is 14.1. The van der Waals surface area contributed by atoms with Gasteiger partial charge >= 0.3 is 5.97 Å². The predicted molar refractivity (Wildman–Crippen MR) is 76.8 cm³/mol. The van der Waals surface area contributed by atoms with Crippen LogP contribution in [0.4, 0.5) is 0 Å². The van der Waals surface area contributed by atoms with Crippen LogP contribution in [-0.2, 0) is 14.3 Å². The van der Waals surface area contributed by atoms with E-state index in [4.69, 9.17) is 9.47 Å². The molecule has 0 atom stereocenters. The Morgan fingerprint density at radius 2 is 1.95 bits per heavy atom. The van der Waals surface area contributed by atoms with Gasteiger partial charge in [0.1, 0.15) is 0 Å². The van der Waals surface area contributed by atoms with Crippen molar-refractivity contribution in [1.29, 1.82) is 0 Å². The van der Waals surface area contributed by atoms with Crippen molar-refractivity contribution in [2.45, 2.75) is 33.3 Å². The minimum atomic E-state index is -0.310. The van der Waals surface area contributed by atoms with E-state index >= 15 is 0 Å². The van der Waals surface area contributed by atoms with E-state index in [1.54, 1.807) is 0 Å². The van der Waals surface area contributed by atoms with E-state index in [0.29, 0.717) is 12.2 Å². The van der Waals surface area contributed by atoms with Gasteiger partial charge in [0.15, 0.2) is 0 Å². The second-order valence-corrected chi connectivity index (χ2v) is 4.59. The number of hydrogen-bond acceptors (Lipinski definition) is 3. The van der Waals surface area contributed by atoms with Crippen molar-refractivity contribution in [1.82, 2.24) is 0 Å². The molecule has 1 aromatic carbocycles. The van der Waals surface area contributed by atoms with Crippen molar-refractivity contribution >= 4 is 12.0 Å². The normalized spacial score (nSPS) is 11.7. The van der Waals surface area contributed by atoms with Crippen LogP contribution in [0.15, 0.2) is 35.9 Å². The molecule has 0 N–H and O–H groups in total. The van der Waals surface area contributed by atoms with Gasteiger partial charge in [-0.05, 0) is 31.9 Å². The zero-order valence-electron chi connectivity index (χ0n) is 11.9. The first kappa shape index (κ1) is 15.4. The first-order chi connectivity index (χ1) is 9.13. The predicted octanol–water partition coefficient (Wildman–Crippen LogP) is 3.45. The maximum Gasteiger partial charge on any atom is 0.336 e. The SMILES string of the molecule is CCCOCC(=Cc1ccccc1)C(=O)OC(C)C. The van der Waals surface area contributed by atoms with Crippen molar-refractivity contribution in [2.75, 3.05) is 13.2 Å². The van der Waals surface area contributed by atoms with Gasteiger partial charge in [-0.25, -0.2) is 4.79 Å². The molecule has 0 saturated heterocycles. The number of benzene rings is 1. The minimum absolute atomic E-state index is 0.127. The molecule has 0 aromatic heterocycles. The van der Waals surface area contributed by atoms with E-state index in [2.05, 4.69) is 0 Å². The van der Waals surface area contributed by atoms with Gasteiger partial charge in [-0.2, -0.15) is 0 Å². The maximum atomic E-state index is 12.0. The summed E-state index contributed by atoms with van der Waals surface area (Å²) in [5.41, 5.74) is 1.52. The molecule has 0 aliphatic carbocycles. The summed E-state index contributed by atoms with van der Waals surface area (Å²) in [4.78, 5) is 12.0. The molecule has 0 heterocycles. The molecule has 0 fully saturated rings. The Balaban J connectivity index is 2.79. The lowest BCUT2D eigenvalue weighted by atomic mass is 10.1. The summed E-state index contributed by atoms with van der Waals surface area (Å²) in [6.45, 7) is 6.64. The second-order valence-electron chi connectivity index (χ2n) is 4.59. The average molecular weight is 262 g/mol. The highest BCUT2D eigenvalue weighted by Crippen LogP contribution is 2.10. The van der Waals surface area contributed by atoms with Crippen LogP contribution in [0.25, 0.3) is 6.08 Å². The van der Waals surface area contributed by atoms with E-state index in [1.165, 1.54) is 0 Å². The molecule has 0 saturated carbocycles. The summed E-state index contributed by atoms with van der Waals surface area (Å²) in [5, 5.41) is 0. The highest BCUT2D eigenvalue weighted by Gasteiger charge is 2.13. The van der Waals surface area contributed by atoms with Crippen LogP contribution in [0.3, 0.4) is 0 Å². The van der Waals surface area contributed by atoms with Crippen molar-refractivity contribution in [3.63, 3.8) is 0 Å². The monoisotopic (exact) mass is 262 g/mol. The Morgan fingerprint density at radius 3 is 2.53 bits per heavy atom. The van der Waals surface area contributed by atoms with E-state index in [9.17, 15) is 4.79 Å². The fourth-order valence-corrected chi connectivity index (χ4v) is 1.53. The molecule has 0 bridgehead atoms. The topological polar surface area (TPSA) is 35.5 Å². The summed E-state index contributed by atoms with van der Waals surface area (Å²) in [5.74, 6) is -0.310. The molecule has 0 aliphatic heterocycles. The molecule has 19 heavy (non-hydrogen) atoms. The molecule has 0 aliphatic rings. The minimum Gasteiger partial charge on any atom is -0.460 e. The Kier molecular flexibility index (Phi) is 6.90. The third kappa shape index (κ3) is 6.20. The van der Waals surface area contributed by atoms with Crippen molar-refractivity contribution in [3.05, 3.63) is 41.5 Å². The van der Waals surface area contributed by atoms with E-state index in [1.807, 2.05) is 57.2 Å². The molecular formula is C16H22O3. The van der Waals surface area contributed by atoms with Gasteiger partial charge in [0, 0.05) is 6.61 Å². The van der Waals surface area contributed by atoms with Crippen LogP contribution >= 0.6 is 0 Å². The fourth-order valence-electron chi connectivity index (χ4n) is 1.53.